The van der Waals surface area contributed by atoms with E-state index in [1.165, 1.54) is 0 Å². The maximum Gasteiger partial charge on any atom is 0.255 e. The molecule has 6 nitrogen and oxygen atoms in total. The lowest BCUT2D eigenvalue weighted by molar-refractivity contribution is 0.102. The van der Waals surface area contributed by atoms with Crippen molar-refractivity contribution in [3.05, 3.63) is 108 Å². The van der Waals surface area contributed by atoms with Gasteiger partial charge in [-0.25, -0.2) is 9.98 Å². The van der Waals surface area contributed by atoms with E-state index in [1.807, 2.05) is 72.3 Å². The Hall–Kier alpha value is -3.93. The highest BCUT2D eigenvalue weighted by Gasteiger charge is 2.13. The van der Waals surface area contributed by atoms with E-state index in [0.717, 1.165) is 34.9 Å². The summed E-state index contributed by atoms with van der Waals surface area (Å²) in [5, 5.41) is 6.55. The maximum atomic E-state index is 12.7. The standard InChI is InChI=1S/C27H29N5O/c1-19-7-4-10-23(15-19)27(33)30-24-11-6-9-22(17-24)21(3)29-25-16-20(2)8-5-12-26(31-25)32-14-13-28-18-32/h4-7,9-18,20-21,29H,8H2,1-3H3,(H,30,33)/b12-5+,25-16-,31-26+/t20?,21-/m0/s1. The van der Waals surface area contributed by atoms with Crippen LogP contribution in [0, 0.1) is 12.8 Å². The van der Waals surface area contributed by atoms with Crippen LogP contribution in [-0.2, 0) is 0 Å². The van der Waals surface area contributed by atoms with Crippen LogP contribution in [0.1, 0.15) is 47.8 Å². The van der Waals surface area contributed by atoms with Gasteiger partial charge in [0.1, 0.15) is 18.0 Å². The summed E-state index contributed by atoms with van der Waals surface area (Å²) < 4.78 is 1.90. The van der Waals surface area contributed by atoms with Crippen LogP contribution >= 0.6 is 0 Å². The fraction of sp³-hybridized carbons (Fsp3) is 0.222. The van der Waals surface area contributed by atoms with E-state index < -0.39 is 0 Å². The Bertz CT molecular complexity index is 1210. The van der Waals surface area contributed by atoms with Crippen molar-refractivity contribution in [2.45, 2.75) is 33.2 Å². The first-order valence-electron chi connectivity index (χ1n) is 11.2. The number of carbonyl (C=O) groups excluding carboxylic acids is 1. The van der Waals surface area contributed by atoms with Crippen molar-refractivity contribution < 1.29 is 4.79 Å². The first kappa shape index (κ1) is 22.3. The van der Waals surface area contributed by atoms with Crippen LogP contribution in [0.2, 0.25) is 0 Å². The average Bonchev–Trinajstić information content (AvgIpc) is 3.32. The van der Waals surface area contributed by atoms with Gasteiger partial charge in [0.2, 0.25) is 0 Å². The monoisotopic (exact) mass is 439 g/mol. The van der Waals surface area contributed by atoms with Gasteiger partial charge in [0.05, 0.1) is 6.04 Å². The molecule has 3 aromatic rings. The van der Waals surface area contributed by atoms with Crippen LogP contribution in [0.25, 0.3) is 0 Å². The molecule has 1 unspecified atom stereocenters. The highest BCUT2D eigenvalue weighted by Crippen LogP contribution is 2.21. The Kier molecular flexibility index (Phi) is 6.83. The molecule has 33 heavy (non-hydrogen) atoms. The minimum Gasteiger partial charge on any atom is -0.364 e. The number of imidazole rings is 1. The Morgan fingerprint density at radius 3 is 2.82 bits per heavy atom. The summed E-state index contributed by atoms with van der Waals surface area (Å²) in [6, 6.07) is 15.5. The van der Waals surface area contributed by atoms with Gasteiger partial charge in [0, 0.05) is 23.6 Å². The SMILES string of the molecule is Cc1cccc(C(=O)Nc2cccc([C@H](C)NC3=C/C(C)C/C=C/C(n4ccnc4)=N\3)c2)c1. The molecule has 0 aliphatic carbocycles. The lowest BCUT2D eigenvalue weighted by Crippen LogP contribution is -2.21. The number of benzene rings is 2. The van der Waals surface area contributed by atoms with Gasteiger partial charge in [-0.15, -0.1) is 0 Å². The number of anilines is 1. The summed E-state index contributed by atoms with van der Waals surface area (Å²) in [6.45, 7) is 6.25. The molecule has 0 saturated heterocycles. The molecular formula is C27H29N5O. The Balaban J connectivity index is 1.51. The van der Waals surface area contributed by atoms with Gasteiger partial charge < -0.3 is 10.6 Å². The molecule has 1 aliphatic rings. The minimum atomic E-state index is -0.116. The van der Waals surface area contributed by atoms with E-state index in [9.17, 15) is 4.79 Å². The number of nitrogens with zero attached hydrogens (tertiary/aromatic N) is 3. The molecule has 6 heteroatoms. The van der Waals surface area contributed by atoms with E-state index in [2.05, 4.69) is 41.6 Å². The number of aliphatic imine (C=N–C) groups is 1. The van der Waals surface area contributed by atoms with Crippen molar-refractivity contribution in [2.75, 3.05) is 5.32 Å². The number of allylic oxidation sites excluding steroid dienone is 3. The largest absolute Gasteiger partial charge is 0.364 e. The van der Waals surface area contributed by atoms with Gasteiger partial charge in [-0.2, -0.15) is 0 Å². The summed E-state index contributed by atoms with van der Waals surface area (Å²) in [5.74, 6) is 1.88. The maximum absolute atomic E-state index is 12.7. The molecule has 0 spiro atoms. The molecule has 0 bridgehead atoms. The van der Waals surface area contributed by atoms with Crippen LogP contribution in [0.5, 0.6) is 0 Å². The van der Waals surface area contributed by atoms with Crippen molar-refractivity contribution in [3.63, 3.8) is 0 Å². The van der Waals surface area contributed by atoms with E-state index in [-0.39, 0.29) is 11.9 Å². The molecule has 2 heterocycles. The molecule has 2 N–H and O–H groups in total. The predicted molar refractivity (Wildman–Crippen MR) is 133 cm³/mol. The zero-order chi connectivity index (χ0) is 23.2. The van der Waals surface area contributed by atoms with Gasteiger partial charge in [0.15, 0.2) is 0 Å². The zero-order valence-electron chi connectivity index (χ0n) is 19.2. The zero-order valence-corrected chi connectivity index (χ0v) is 19.2. The minimum absolute atomic E-state index is 0.00420. The van der Waals surface area contributed by atoms with Crippen molar-refractivity contribution in [3.8, 4) is 0 Å². The van der Waals surface area contributed by atoms with E-state index in [0.29, 0.717) is 11.5 Å². The number of nitrogens with one attached hydrogen (secondary N) is 2. The van der Waals surface area contributed by atoms with Crippen LogP contribution < -0.4 is 10.6 Å². The Labute approximate surface area is 194 Å². The van der Waals surface area contributed by atoms with Crippen LogP contribution in [0.4, 0.5) is 5.69 Å². The molecule has 0 fully saturated rings. The average molecular weight is 440 g/mol. The third-order valence-electron chi connectivity index (χ3n) is 5.51. The molecule has 168 valence electrons. The highest BCUT2D eigenvalue weighted by atomic mass is 16.1. The molecule has 1 aliphatic heterocycles. The van der Waals surface area contributed by atoms with E-state index >= 15 is 0 Å². The van der Waals surface area contributed by atoms with Crippen molar-refractivity contribution in [1.82, 2.24) is 14.9 Å². The van der Waals surface area contributed by atoms with Gasteiger partial charge in [0.25, 0.3) is 5.91 Å². The summed E-state index contributed by atoms with van der Waals surface area (Å²) in [6.07, 6.45) is 12.6. The molecule has 1 aromatic heterocycles. The predicted octanol–water partition coefficient (Wildman–Crippen LogP) is 5.48. The molecule has 1 amide bonds. The quantitative estimate of drug-likeness (QED) is 0.553. The number of aryl methyl sites for hydroxylation is 1. The number of hydrogen-bond acceptors (Lipinski definition) is 4. The topological polar surface area (TPSA) is 71.3 Å². The highest BCUT2D eigenvalue weighted by molar-refractivity contribution is 6.04. The number of carbonyl (C=O) groups is 1. The third kappa shape index (κ3) is 5.86. The van der Waals surface area contributed by atoms with Crippen LogP contribution in [0.15, 0.2) is 96.3 Å². The smallest absolute Gasteiger partial charge is 0.255 e. The van der Waals surface area contributed by atoms with Crippen LogP contribution in [-0.4, -0.2) is 21.3 Å². The Morgan fingerprint density at radius 1 is 1.18 bits per heavy atom. The molecular weight excluding hydrogens is 410 g/mol. The second-order valence-electron chi connectivity index (χ2n) is 8.42. The summed E-state index contributed by atoms with van der Waals surface area (Å²) in [4.78, 5) is 21.6. The van der Waals surface area contributed by atoms with Gasteiger partial charge in [-0.05, 0) is 68.2 Å². The summed E-state index contributed by atoms with van der Waals surface area (Å²) >= 11 is 0. The van der Waals surface area contributed by atoms with Gasteiger partial charge in [-0.3, -0.25) is 9.36 Å². The number of rotatable bonds is 5. The molecule has 4 rings (SSSR count). The first-order chi connectivity index (χ1) is 16.0. The summed E-state index contributed by atoms with van der Waals surface area (Å²) in [5.41, 5.74) is 3.52. The van der Waals surface area contributed by atoms with Gasteiger partial charge >= 0.3 is 0 Å². The number of aromatic nitrogens is 2. The second-order valence-corrected chi connectivity index (χ2v) is 8.42. The fourth-order valence-corrected chi connectivity index (χ4v) is 3.72. The van der Waals surface area contributed by atoms with Crippen molar-refractivity contribution in [1.29, 1.82) is 0 Å². The molecule has 2 aromatic carbocycles. The third-order valence-corrected chi connectivity index (χ3v) is 5.51. The van der Waals surface area contributed by atoms with Gasteiger partial charge in [-0.1, -0.05) is 42.8 Å². The van der Waals surface area contributed by atoms with Crippen LogP contribution in [0.3, 0.4) is 0 Å². The number of amides is 1. The van der Waals surface area contributed by atoms with E-state index in [4.69, 9.17) is 4.99 Å². The number of hydrogen-bond donors (Lipinski definition) is 2. The lowest BCUT2D eigenvalue weighted by atomic mass is 10.0. The fourth-order valence-electron chi connectivity index (χ4n) is 3.72. The first-order valence-corrected chi connectivity index (χ1v) is 11.2. The lowest BCUT2D eigenvalue weighted by Gasteiger charge is -2.19. The van der Waals surface area contributed by atoms with Crippen molar-refractivity contribution in [2.24, 2.45) is 10.9 Å². The van der Waals surface area contributed by atoms with Crippen molar-refractivity contribution >= 4 is 17.4 Å². The molecule has 2 atom stereocenters. The molecule has 0 radical (unpaired) electrons. The summed E-state index contributed by atoms with van der Waals surface area (Å²) in [7, 11) is 0. The molecule has 0 saturated carbocycles. The van der Waals surface area contributed by atoms with E-state index in [1.54, 1.807) is 12.5 Å². The normalized spacial score (nSPS) is 20.9. The Morgan fingerprint density at radius 2 is 2.03 bits per heavy atom. The second kappa shape index (κ2) is 10.1.